The predicted octanol–water partition coefficient (Wildman–Crippen LogP) is 3.41. The summed E-state index contributed by atoms with van der Waals surface area (Å²) < 4.78 is 4.68. The van der Waals surface area contributed by atoms with Gasteiger partial charge in [-0.3, -0.25) is 9.59 Å². The maximum Gasteiger partial charge on any atom is 0.312 e. The number of rotatable bonds is 4. The number of hydrogen-bond acceptors (Lipinski definition) is 6. The lowest BCUT2D eigenvalue weighted by atomic mass is 9.98. The highest BCUT2D eigenvalue weighted by Crippen LogP contribution is 2.33. The average molecular weight is 305 g/mol. The molecule has 1 unspecified atom stereocenters. The molecule has 0 amide bonds. The summed E-state index contributed by atoms with van der Waals surface area (Å²) in [4.78, 5) is 34.8. The minimum Gasteiger partial charge on any atom is -0.469 e. The smallest absolute Gasteiger partial charge is 0.312 e. The van der Waals surface area contributed by atoms with Crippen molar-refractivity contribution in [3.8, 4) is 0 Å². The van der Waals surface area contributed by atoms with E-state index in [1.54, 1.807) is 31.2 Å². The molecule has 1 saturated heterocycles. The molecule has 1 fully saturated rings. The highest BCUT2D eigenvalue weighted by atomic mass is 32.2. The SMILES string of the molecule is COC(=O)C(C)c1ccc(/C=C2\SCCC2=O)c(N=O)c1. The van der Waals surface area contributed by atoms with Crippen molar-refractivity contribution in [1.82, 2.24) is 0 Å². The van der Waals surface area contributed by atoms with Crippen LogP contribution in [0.5, 0.6) is 0 Å². The van der Waals surface area contributed by atoms with Crippen LogP contribution in [0.25, 0.3) is 6.08 Å². The molecule has 1 atom stereocenters. The van der Waals surface area contributed by atoms with Crippen molar-refractivity contribution in [2.75, 3.05) is 12.9 Å². The minimum absolute atomic E-state index is 0.0869. The summed E-state index contributed by atoms with van der Waals surface area (Å²) in [6, 6.07) is 5.00. The number of esters is 1. The first-order chi connectivity index (χ1) is 10.1. The molecule has 0 saturated carbocycles. The fourth-order valence-electron chi connectivity index (χ4n) is 2.06. The van der Waals surface area contributed by atoms with Gasteiger partial charge in [-0.1, -0.05) is 12.1 Å². The zero-order chi connectivity index (χ0) is 15.4. The third-order valence-corrected chi connectivity index (χ3v) is 4.42. The summed E-state index contributed by atoms with van der Waals surface area (Å²) in [5.41, 5.74) is 1.46. The van der Waals surface area contributed by atoms with Crippen LogP contribution in [0.2, 0.25) is 0 Å². The molecular weight excluding hydrogens is 290 g/mol. The Morgan fingerprint density at radius 2 is 2.24 bits per heavy atom. The second kappa shape index (κ2) is 6.67. The zero-order valence-corrected chi connectivity index (χ0v) is 12.6. The summed E-state index contributed by atoms with van der Waals surface area (Å²) in [6.07, 6.45) is 2.21. The van der Waals surface area contributed by atoms with E-state index in [0.717, 1.165) is 5.75 Å². The Morgan fingerprint density at radius 1 is 1.48 bits per heavy atom. The molecule has 1 heterocycles. The Kier molecular flexibility index (Phi) is 4.90. The molecule has 5 nitrogen and oxygen atoms in total. The van der Waals surface area contributed by atoms with Gasteiger partial charge in [-0.15, -0.1) is 16.7 Å². The second-order valence-corrected chi connectivity index (χ2v) is 5.82. The van der Waals surface area contributed by atoms with Crippen LogP contribution < -0.4 is 0 Å². The molecule has 0 aromatic heterocycles. The Balaban J connectivity index is 2.35. The molecule has 0 aliphatic carbocycles. The largest absolute Gasteiger partial charge is 0.469 e. The van der Waals surface area contributed by atoms with E-state index in [9.17, 15) is 14.5 Å². The van der Waals surface area contributed by atoms with Crippen LogP contribution in [-0.4, -0.2) is 24.6 Å². The fraction of sp³-hybridized carbons (Fsp3) is 0.333. The maximum absolute atomic E-state index is 11.6. The quantitative estimate of drug-likeness (QED) is 0.484. The standard InChI is InChI=1S/C15H15NO4S/c1-9(15(18)20-2)10-3-4-11(12(7-10)16-19)8-14-13(17)5-6-21-14/h3-4,7-9H,5-6H2,1-2H3/b14-8-. The van der Waals surface area contributed by atoms with Gasteiger partial charge < -0.3 is 4.74 Å². The lowest BCUT2D eigenvalue weighted by Crippen LogP contribution is -2.10. The summed E-state index contributed by atoms with van der Waals surface area (Å²) >= 11 is 1.48. The molecule has 0 radical (unpaired) electrons. The number of methoxy groups -OCH3 is 1. The number of allylic oxidation sites excluding steroid dienone is 1. The molecule has 0 bridgehead atoms. The number of carbonyl (C=O) groups excluding carboxylic acids is 2. The Hall–Kier alpha value is -1.95. The maximum atomic E-state index is 11.6. The van der Waals surface area contributed by atoms with Crippen molar-refractivity contribution in [3.63, 3.8) is 0 Å². The van der Waals surface area contributed by atoms with Gasteiger partial charge in [-0.25, -0.2) is 0 Å². The summed E-state index contributed by atoms with van der Waals surface area (Å²) in [5.74, 6) is 0.00873. The van der Waals surface area contributed by atoms with Gasteiger partial charge in [0, 0.05) is 17.7 Å². The first-order valence-corrected chi connectivity index (χ1v) is 7.48. The molecule has 6 heteroatoms. The first-order valence-electron chi connectivity index (χ1n) is 6.49. The molecule has 0 N–H and O–H groups in total. The van der Waals surface area contributed by atoms with E-state index in [1.165, 1.54) is 18.9 Å². The topological polar surface area (TPSA) is 72.8 Å². The van der Waals surface area contributed by atoms with Gasteiger partial charge in [0.05, 0.1) is 17.9 Å². The van der Waals surface area contributed by atoms with Gasteiger partial charge in [0.2, 0.25) is 0 Å². The Labute approximate surface area is 126 Å². The molecule has 110 valence electrons. The van der Waals surface area contributed by atoms with Gasteiger partial charge in [0.25, 0.3) is 0 Å². The zero-order valence-electron chi connectivity index (χ0n) is 11.8. The summed E-state index contributed by atoms with van der Waals surface area (Å²) in [6.45, 7) is 1.70. The van der Waals surface area contributed by atoms with Crippen molar-refractivity contribution in [1.29, 1.82) is 0 Å². The number of ether oxygens (including phenoxy) is 1. The summed E-state index contributed by atoms with van der Waals surface area (Å²) in [7, 11) is 1.32. The molecule has 1 aliphatic heterocycles. The number of thioether (sulfide) groups is 1. The Morgan fingerprint density at radius 3 is 2.81 bits per heavy atom. The predicted molar refractivity (Wildman–Crippen MR) is 82.4 cm³/mol. The third kappa shape index (κ3) is 3.39. The molecule has 21 heavy (non-hydrogen) atoms. The Bertz CT molecular complexity index is 624. The highest BCUT2D eigenvalue weighted by molar-refractivity contribution is 8.04. The van der Waals surface area contributed by atoms with Crippen LogP contribution in [0.3, 0.4) is 0 Å². The van der Waals surface area contributed by atoms with Crippen LogP contribution >= 0.6 is 11.8 Å². The molecule has 1 aliphatic rings. The van der Waals surface area contributed by atoms with E-state index in [1.807, 2.05) is 0 Å². The van der Waals surface area contributed by atoms with Crippen molar-refractivity contribution >= 4 is 35.3 Å². The van der Waals surface area contributed by atoms with Crippen LogP contribution in [-0.2, 0) is 14.3 Å². The molecule has 0 spiro atoms. The van der Waals surface area contributed by atoms with Crippen molar-refractivity contribution in [2.24, 2.45) is 5.18 Å². The number of nitrogens with zero attached hydrogens (tertiary/aromatic N) is 1. The van der Waals surface area contributed by atoms with Gasteiger partial charge in [0.1, 0.15) is 5.69 Å². The van der Waals surface area contributed by atoms with Gasteiger partial charge >= 0.3 is 5.97 Å². The number of ketones is 1. The van der Waals surface area contributed by atoms with Crippen LogP contribution in [0, 0.1) is 4.91 Å². The number of Topliss-reactive ketones (excluding diaryl/α,β-unsaturated/α-hetero) is 1. The van der Waals surface area contributed by atoms with E-state index in [-0.39, 0.29) is 17.4 Å². The van der Waals surface area contributed by atoms with Crippen molar-refractivity contribution < 1.29 is 14.3 Å². The van der Waals surface area contributed by atoms with E-state index >= 15 is 0 Å². The lowest BCUT2D eigenvalue weighted by Gasteiger charge is -2.10. The van der Waals surface area contributed by atoms with Crippen LogP contribution in [0.4, 0.5) is 5.69 Å². The normalized spacial score (nSPS) is 17.8. The highest BCUT2D eigenvalue weighted by Gasteiger charge is 2.20. The van der Waals surface area contributed by atoms with E-state index in [0.29, 0.717) is 22.5 Å². The van der Waals surface area contributed by atoms with E-state index in [4.69, 9.17) is 0 Å². The fourth-order valence-corrected chi connectivity index (χ4v) is 3.05. The summed E-state index contributed by atoms with van der Waals surface area (Å²) in [5, 5.41) is 3.00. The van der Waals surface area contributed by atoms with E-state index < -0.39 is 5.92 Å². The molecule has 1 aromatic rings. The van der Waals surface area contributed by atoms with Crippen molar-refractivity contribution in [2.45, 2.75) is 19.3 Å². The monoisotopic (exact) mass is 305 g/mol. The molecular formula is C15H15NO4S. The van der Waals surface area contributed by atoms with Gasteiger partial charge in [-0.05, 0) is 29.8 Å². The van der Waals surface area contributed by atoms with Crippen LogP contribution in [0.15, 0.2) is 28.3 Å². The van der Waals surface area contributed by atoms with Gasteiger partial charge in [0.15, 0.2) is 5.78 Å². The second-order valence-electron chi connectivity index (χ2n) is 4.68. The average Bonchev–Trinajstić information content (AvgIpc) is 2.91. The first kappa shape index (κ1) is 15.4. The van der Waals surface area contributed by atoms with E-state index in [2.05, 4.69) is 9.91 Å². The lowest BCUT2D eigenvalue weighted by molar-refractivity contribution is -0.142. The van der Waals surface area contributed by atoms with Gasteiger partial charge in [-0.2, -0.15) is 0 Å². The third-order valence-electron chi connectivity index (χ3n) is 3.36. The number of hydrogen-bond donors (Lipinski definition) is 0. The van der Waals surface area contributed by atoms with Crippen LogP contribution in [0.1, 0.15) is 30.4 Å². The van der Waals surface area contributed by atoms with Crippen molar-refractivity contribution in [3.05, 3.63) is 39.1 Å². The minimum atomic E-state index is -0.473. The number of carbonyl (C=O) groups is 2. The number of benzene rings is 1. The number of nitroso groups, excluding NO2 is 1. The molecule has 1 aromatic carbocycles. The molecule has 2 rings (SSSR count).